The molecule has 0 saturated carbocycles. The van der Waals surface area contributed by atoms with Crippen molar-refractivity contribution in [2.75, 3.05) is 27.5 Å². The monoisotopic (exact) mass is 359 g/mol. The minimum Gasteiger partial charge on any atom is -0.492 e. The first-order valence-corrected chi connectivity index (χ1v) is 8.71. The molecule has 5 nitrogen and oxygen atoms in total. The van der Waals surface area contributed by atoms with Gasteiger partial charge in [0.2, 0.25) is 12.5 Å². The standard InChI is InChI=1S/C20H22FNO4/c1-22-8-7-13-9-17-19(26-11-25-17)20(24-2)18(13)15(22)10-16(23)12-3-5-14(21)6-4-12/h3-6,9,15-16,23H,7-8,10-11H2,1-2H3/t15-,16-/m0/s1. The van der Waals surface area contributed by atoms with E-state index in [0.29, 0.717) is 29.2 Å². The lowest BCUT2D eigenvalue weighted by atomic mass is 9.87. The molecular formula is C20H22FNO4. The number of aliphatic hydroxyl groups excluding tert-OH is 1. The SMILES string of the molecule is COc1c2c(cc3c1[C@H](C[C@H](O)c1ccc(F)cc1)N(C)CC3)OCO2. The molecule has 2 aliphatic rings. The summed E-state index contributed by atoms with van der Waals surface area (Å²) >= 11 is 0. The summed E-state index contributed by atoms with van der Waals surface area (Å²) in [7, 11) is 3.66. The van der Waals surface area contributed by atoms with Crippen LogP contribution in [0.25, 0.3) is 0 Å². The molecule has 0 fully saturated rings. The molecule has 2 atom stereocenters. The number of fused-ring (bicyclic) bond motifs is 2. The Balaban J connectivity index is 1.70. The Hall–Kier alpha value is -2.31. The summed E-state index contributed by atoms with van der Waals surface area (Å²) in [6, 6.07) is 7.97. The molecule has 0 amide bonds. The van der Waals surface area contributed by atoms with Crippen molar-refractivity contribution in [3.8, 4) is 17.2 Å². The minimum absolute atomic E-state index is 0.0387. The minimum atomic E-state index is -0.705. The number of aliphatic hydroxyl groups is 1. The van der Waals surface area contributed by atoms with Gasteiger partial charge < -0.3 is 19.3 Å². The fourth-order valence-corrected chi connectivity index (χ4v) is 3.86. The van der Waals surface area contributed by atoms with Gasteiger partial charge in [-0.2, -0.15) is 0 Å². The molecule has 6 heteroatoms. The van der Waals surface area contributed by atoms with Crippen LogP contribution in [0.3, 0.4) is 0 Å². The highest BCUT2D eigenvalue weighted by molar-refractivity contribution is 5.61. The van der Waals surface area contributed by atoms with E-state index in [-0.39, 0.29) is 18.7 Å². The summed E-state index contributed by atoms with van der Waals surface area (Å²) in [4.78, 5) is 2.21. The maximum Gasteiger partial charge on any atom is 0.231 e. The van der Waals surface area contributed by atoms with Crippen LogP contribution in [0, 0.1) is 5.82 Å². The second kappa shape index (κ2) is 6.78. The zero-order valence-electron chi connectivity index (χ0n) is 14.9. The van der Waals surface area contributed by atoms with E-state index in [2.05, 4.69) is 4.90 Å². The molecule has 0 spiro atoms. The number of hydrogen-bond donors (Lipinski definition) is 1. The maximum absolute atomic E-state index is 13.2. The second-order valence-electron chi connectivity index (χ2n) is 6.77. The Labute approximate surface area is 151 Å². The van der Waals surface area contributed by atoms with Crippen molar-refractivity contribution in [3.63, 3.8) is 0 Å². The van der Waals surface area contributed by atoms with Crippen LogP contribution in [-0.2, 0) is 6.42 Å². The number of benzene rings is 2. The van der Waals surface area contributed by atoms with Gasteiger partial charge in [-0.1, -0.05) is 12.1 Å². The number of ether oxygens (including phenoxy) is 3. The van der Waals surface area contributed by atoms with Gasteiger partial charge in [-0.25, -0.2) is 4.39 Å². The topological polar surface area (TPSA) is 51.2 Å². The summed E-state index contributed by atoms with van der Waals surface area (Å²) in [5, 5.41) is 10.7. The number of likely N-dealkylation sites (N-methyl/N-ethyl adjacent to an activating group) is 1. The van der Waals surface area contributed by atoms with Gasteiger partial charge >= 0.3 is 0 Å². The number of methoxy groups -OCH3 is 1. The van der Waals surface area contributed by atoms with E-state index in [1.807, 2.05) is 13.1 Å². The molecule has 138 valence electrons. The first-order valence-electron chi connectivity index (χ1n) is 8.71. The van der Waals surface area contributed by atoms with Crippen molar-refractivity contribution < 1.29 is 23.7 Å². The van der Waals surface area contributed by atoms with E-state index >= 15 is 0 Å². The third-order valence-electron chi connectivity index (χ3n) is 5.25. The summed E-state index contributed by atoms with van der Waals surface area (Å²) in [5.41, 5.74) is 2.89. The first kappa shape index (κ1) is 17.1. The third kappa shape index (κ3) is 2.89. The van der Waals surface area contributed by atoms with Gasteiger partial charge in [-0.15, -0.1) is 0 Å². The molecule has 0 aromatic heterocycles. The highest BCUT2D eigenvalue weighted by atomic mass is 19.1. The van der Waals surface area contributed by atoms with Gasteiger partial charge in [-0.3, -0.25) is 4.90 Å². The molecule has 0 bridgehead atoms. The number of hydrogen-bond acceptors (Lipinski definition) is 5. The second-order valence-corrected chi connectivity index (χ2v) is 6.77. The predicted octanol–water partition coefficient (Wildman–Crippen LogP) is 3.22. The molecule has 0 unspecified atom stereocenters. The van der Waals surface area contributed by atoms with Crippen molar-refractivity contribution in [1.82, 2.24) is 4.90 Å². The average molecular weight is 359 g/mol. The molecule has 0 aliphatic carbocycles. The van der Waals surface area contributed by atoms with Crippen LogP contribution in [0.2, 0.25) is 0 Å². The molecule has 0 saturated heterocycles. The largest absolute Gasteiger partial charge is 0.492 e. The van der Waals surface area contributed by atoms with Gasteiger partial charge in [0.05, 0.1) is 13.2 Å². The van der Waals surface area contributed by atoms with Crippen LogP contribution in [-0.4, -0.2) is 37.5 Å². The summed E-state index contributed by atoms with van der Waals surface area (Å²) < 4.78 is 30.0. The van der Waals surface area contributed by atoms with Gasteiger partial charge in [0.15, 0.2) is 11.5 Å². The van der Waals surface area contributed by atoms with E-state index in [4.69, 9.17) is 14.2 Å². The third-order valence-corrected chi connectivity index (χ3v) is 5.25. The lowest BCUT2D eigenvalue weighted by Gasteiger charge is -2.37. The number of halogens is 1. The van der Waals surface area contributed by atoms with Crippen molar-refractivity contribution in [1.29, 1.82) is 0 Å². The quantitative estimate of drug-likeness (QED) is 0.908. The van der Waals surface area contributed by atoms with Crippen LogP contribution in [0.15, 0.2) is 30.3 Å². The Kier molecular flexibility index (Phi) is 4.46. The van der Waals surface area contributed by atoms with E-state index in [0.717, 1.165) is 24.1 Å². The van der Waals surface area contributed by atoms with Crippen LogP contribution in [0.1, 0.15) is 35.3 Å². The van der Waals surface area contributed by atoms with E-state index in [1.54, 1.807) is 19.2 Å². The molecule has 1 N–H and O–H groups in total. The van der Waals surface area contributed by atoms with E-state index in [1.165, 1.54) is 12.1 Å². The van der Waals surface area contributed by atoms with E-state index in [9.17, 15) is 9.50 Å². The highest BCUT2D eigenvalue weighted by Gasteiger charge is 2.35. The maximum atomic E-state index is 13.2. The lowest BCUT2D eigenvalue weighted by Crippen LogP contribution is -2.33. The van der Waals surface area contributed by atoms with Gasteiger partial charge in [-0.05, 0) is 49.2 Å². The zero-order chi connectivity index (χ0) is 18.3. The van der Waals surface area contributed by atoms with Gasteiger partial charge in [0, 0.05) is 18.2 Å². The predicted molar refractivity (Wildman–Crippen MR) is 94.2 cm³/mol. The highest BCUT2D eigenvalue weighted by Crippen LogP contribution is 2.50. The van der Waals surface area contributed by atoms with Crippen molar-refractivity contribution in [2.45, 2.75) is 25.0 Å². The fourth-order valence-electron chi connectivity index (χ4n) is 3.86. The molecular weight excluding hydrogens is 337 g/mol. The molecule has 4 rings (SSSR count). The van der Waals surface area contributed by atoms with Crippen molar-refractivity contribution in [3.05, 3.63) is 52.8 Å². The van der Waals surface area contributed by atoms with Crippen LogP contribution in [0.4, 0.5) is 4.39 Å². The normalized spacial score (nSPS) is 19.9. The molecule has 26 heavy (non-hydrogen) atoms. The smallest absolute Gasteiger partial charge is 0.231 e. The van der Waals surface area contributed by atoms with Crippen LogP contribution < -0.4 is 14.2 Å². The molecule has 2 aromatic rings. The number of nitrogens with zero attached hydrogens (tertiary/aromatic N) is 1. The Morgan fingerprint density at radius 2 is 2.08 bits per heavy atom. The van der Waals surface area contributed by atoms with Crippen LogP contribution in [0.5, 0.6) is 17.2 Å². The Bertz CT molecular complexity index is 808. The lowest BCUT2D eigenvalue weighted by molar-refractivity contribution is 0.107. The van der Waals surface area contributed by atoms with Gasteiger partial charge in [0.25, 0.3) is 0 Å². The van der Waals surface area contributed by atoms with Crippen LogP contribution >= 0.6 is 0 Å². The molecule has 2 heterocycles. The summed E-state index contributed by atoms with van der Waals surface area (Å²) in [6.45, 7) is 1.06. The Morgan fingerprint density at radius 3 is 2.81 bits per heavy atom. The zero-order valence-corrected chi connectivity index (χ0v) is 14.9. The first-order chi connectivity index (χ1) is 12.6. The molecule has 0 radical (unpaired) electrons. The van der Waals surface area contributed by atoms with Crippen molar-refractivity contribution in [2.24, 2.45) is 0 Å². The number of rotatable bonds is 4. The molecule has 2 aliphatic heterocycles. The van der Waals surface area contributed by atoms with E-state index < -0.39 is 6.10 Å². The van der Waals surface area contributed by atoms with Crippen molar-refractivity contribution >= 4 is 0 Å². The Morgan fingerprint density at radius 1 is 1.31 bits per heavy atom. The summed E-state index contributed by atoms with van der Waals surface area (Å²) in [6.07, 6.45) is 0.650. The average Bonchev–Trinajstić information content (AvgIpc) is 3.11. The fraction of sp³-hybridized carbons (Fsp3) is 0.400. The molecule has 2 aromatic carbocycles. The van der Waals surface area contributed by atoms with Gasteiger partial charge in [0.1, 0.15) is 5.82 Å². The summed E-state index contributed by atoms with van der Waals surface area (Å²) in [5.74, 6) is 1.71.